The van der Waals surface area contributed by atoms with Gasteiger partial charge in [-0.15, -0.1) is 0 Å². The van der Waals surface area contributed by atoms with E-state index in [1.54, 1.807) is 0 Å². The molecule has 1 nitrogen and oxygen atoms in total. The average Bonchev–Trinajstić information content (AvgIpc) is 2.46. The van der Waals surface area contributed by atoms with Gasteiger partial charge in [0.2, 0.25) is 0 Å². The smallest absolute Gasteiger partial charge is 0.0346 e. The summed E-state index contributed by atoms with van der Waals surface area (Å²) in [7, 11) is 0. The van der Waals surface area contributed by atoms with Crippen LogP contribution in [0.4, 0.5) is 5.69 Å². The molecule has 0 fully saturated rings. The number of benzene rings is 2. The zero-order valence-corrected chi connectivity index (χ0v) is 10.6. The number of hydrogen-bond acceptors (Lipinski definition) is 1. The summed E-state index contributed by atoms with van der Waals surface area (Å²) in [6, 6.07) is 15.1. The van der Waals surface area contributed by atoms with Gasteiger partial charge >= 0.3 is 0 Å². The molecule has 0 radical (unpaired) electrons. The van der Waals surface area contributed by atoms with Crippen molar-refractivity contribution in [1.29, 1.82) is 0 Å². The van der Waals surface area contributed by atoms with Gasteiger partial charge in [-0.3, -0.25) is 0 Å². The second kappa shape index (κ2) is 5.26. The SMILES string of the molecule is C1=CCC(CNc2ccc3ccccc3c2)CC1. The number of rotatable bonds is 3. The van der Waals surface area contributed by atoms with E-state index in [1.807, 2.05) is 0 Å². The van der Waals surface area contributed by atoms with Crippen LogP contribution < -0.4 is 5.32 Å². The molecule has 18 heavy (non-hydrogen) atoms. The molecule has 0 bridgehead atoms. The predicted molar refractivity (Wildman–Crippen MR) is 78.9 cm³/mol. The fraction of sp³-hybridized carbons (Fsp3) is 0.294. The Kier molecular flexibility index (Phi) is 3.31. The molecule has 3 rings (SSSR count). The van der Waals surface area contributed by atoms with Gasteiger partial charge in [-0.2, -0.15) is 0 Å². The molecule has 0 aliphatic heterocycles. The molecular weight excluding hydrogens is 218 g/mol. The second-order valence-corrected chi connectivity index (χ2v) is 5.09. The lowest BCUT2D eigenvalue weighted by molar-refractivity contribution is 0.504. The molecule has 0 saturated heterocycles. The lowest BCUT2D eigenvalue weighted by Gasteiger charge is -2.19. The van der Waals surface area contributed by atoms with Crippen molar-refractivity contribution in [2.75, 3.05) is 11.9 Å². The lowest BCUT2D eigenvalue weighted by Crippen LogP contribution is -2.15. The van der Waals surface area contributed by atoms with Crippen LogP contribution in [0, 0.1) is 5.92 Å². The van der Waals surface area contributed by atoms with Crippen molar-refractivity contribution in [3.8, 4) is 0 Å². The molecule has 2 aromatic rings. The number of allylic oxidation sites excluding steroid dienone is 2. The topological polar surface area (TPSA) is 12.0 Å². The predicted octanol–water partition coefficient (Wildman–Crippen LogP) is 4.61. The standard InChI is InChI=1S/C17H19N/c1-2-6-14(7-3-1)13-18-17-11-10-15-8-4-5-9-16(15)12-17/h1-2,4-5,8-12,14,18H,3,6-7,13H2. The van der Waals surface area contributed by atoms with Crippen LogP contribution in [-0.2, 0) is 0 Å². The third-order valence-corrected chi connectivity index (χ3v) is 3.72. The van der Waals surface area contributed by atoms with Crippen molar-refractivity contribution >= 4 is 16.5 Å². The summed E-state index contributed by atoms with van der Waals surface area (Å²) >= 11 is 0. The summed E-state index contributed by atoms with van der Waals surface area (Å²) in [6.45, 7) is 1.09. The zero-order chi connectivity index (χ0) is 12.2. The van der Waals surface area contributed by atoms with Crippen LogP contribution in [0.2, 0.25) is 0 Å². The van der Waals surface area contributed by atoms with E-state index in [1.165, 1.54) is 35.7 Å². The number of anilines is 1. The molecule has 1 heteroatoms. The molecule has 1 aliphatic rings. The lowest BCUT2D eigenvalue weighted by atomic mass is 9.94. The van der Waals surface area contributed by atoms with Gasteiger partial charge in [0.25, 0.3) is 0 Å². The summed E-state index contributed by atoms with van der Waals surface area (Å²) in [5.41, 5.74) is 1.24. The Balaban J connectivity index is 1.69. The van der Waals surface area contributed by atoms with Crippen LogP contribution in [0.15, 0.2) is 54.6 Å². The first kappa shape index (κ1) is 11.3. The van der Waals surface area contributed by atoms with Crippen LogP contribution in [-0.4, -0.2) is 6.54 Å². The average molecular weight is 237 g/mol. The molecule has 0 aromatic heterocycles. The Hall–Kier alpha value is -1.76. The van der Waals surface area contributed by atoms with E-state index >= 15 is 0 Å². The van der Waals surface area contributed by atoms with E-state index in [4.69, 9.17) is 0 Å². The maximum Gasteiger partial charge on any atom is 0.0346 e. The maximum atomic E-state index is 3.57. The van der Waals surface area contributed by atoms with Gasteiger partial charge in [0.05, 0.1) is 0 Å². The van der Waals surface area contributed by atoms with Gasteiger partial charge in [0, 0.05) is 12.2 Å². The third kappa shape index (κ3) is 2.56. The number of hydrogen-bond donors (Lipinski definition) is 1. The molecule has 0 heterocycles. The molecule has 0 amide bonds. The van der Waals surface area contributed by atoms with Crippen LogP contribution in [0.3, 0.4) is 0 Å². The molecule has 1 unspecified atom stereocenters. The summed E-state index contributed by atoms with van der Waals surface area (Å²) < 4.78 is 0. The highest BCUT2D eigenvalue weighted by Crippen LogP contribution is 2.21. The van der Waals surface area contributed by atoms with Gasteiger partial charge in [0.15, 0.2) is 0 Å². The van der Waals surface area contributed by atoms with Crippen molar-refractivity contribution in [3.63, 3.8) is 0 Å². The first-order chi connectivity index (χ1) is 8.92. The highest BCUT2D eigenvalue weighted by molar-refractivity contribution is 5.85. The molecule has 1 atom stereocenters. The normalized spacial score (nSPS) is 19.0. The van der Waals surface area contributed by atoms with Crippen molar-refractivity contribution in [2.45, 2.75) is 19.3 Å². The van der Waals surface area contributed by atoms with E-state index < -0.39 is 0 Å². The van der Waals surface area contributed by atoms with Crippen molar-refractivity contribution in [3.05, 3.63) is 54.6 Å². The van der Waals surface area contributed by atoms with E-state index in [0.29, 0.717) is 0 Å². The molecular formula is C17H19N. The minimum Gasteiger partial charge on any atom is -0.385 e. The van der Waals surface area contributed by atoms with Gasteiger partial charge in [-0.1, -0.05) is 42.5 Å². The minimum absolute atomic E-state index is 0.793. The van der Waals surface area contributed by atoms with Crippen LogP contribution in [0.5, 0.6) is 0 Å². The monoisotopic (exact) mass is 237 g/mol. The summed E-state index contributed by atoms with van der Waals surface area (Å²) in [5, 5.41) is 6.19. The Morgan fingerprint density at radius 3 is 2.72 bits per heavy atom. The Morgan fingerprint density at radius 2 is 1.89 bits per heavy atom. The third-order valence-electron chi connectivity index (χ3n) is 3.72. The molecule has 1 aliphatic carbocycles. The highest BCUT2D eigenvalue weighted by Gasteiger charge is 2.09. The fourth-order valence-electron chi connectivity index (χ4n) is 2.60. The van der Waals surface area contributed by atoms with E-state index in [9.17, 15) is 0 Å². The first-order valence-corrected chi connectivity index (χ1v) is 6.79. The van der Waals surface area contributed by atoms with Gasteiger partial charge in [0.1, 0.15) is 0 Å². The van der Waals surface area contributed by atoms with Gasteiger partial charge in [-0.25, -0.2) is 0 Å². The maximum absolute atomic E-state index is 3.57. The first-order valence-electron chi connectivity index (χ1n) is 6.79. The Morgan fingerprint density at radius 1 is 1.00 bits per heavy atom. The molecule has 0 spiro atoms. The van der Waals surface area contributed by atoms with Crippen molar-refractivity contribution < 1.29 is 0 Å². The van der Waals surface area contributed by atoms with Crippen LogP contribution >= 0.6 is 0 Å². The van der Waals surface area contributed by atoms with E-state index in [-0.39, 0.29) is 0 Å². The Bertz CT molecular complexity index is 556. The van der Waals surface area contributed by atoms with Gasteiger partial charge in [-0.05, 0) is 48.1 Å². The Labute approximate surface area is 109 Å². The molecule has 1 N–H and O–H groups in total. The second-order valence-electron chi connectivity index (χ2n) is 5.09. The molecule has 92 valence electrons. The largest absolute Gasteiger partial charge is 0.385 e. The van der Waals surface area contributed by atoms with Crippen molar-refractivity contribution in [1.82, 2.24) is 0 Å². The summed E-state index contributed by atoms with van der Waals surface area (Å²) in [6.07, 6.45) is 8.39. The quantitative estimate of drug-likeness (QED) is 0.769. The summed E-state index contributed by atoms with van der Waals surface area (Å²) in [4.78, 5) is 0. The van der Waals surface area contributed by atoms with Crippen LogP contribution in [0.1, 0.15) is 19.3 Å². The van der Waals surface area contributed by atoms with E-state index in [2.05, 4.69) is 59.9 Å². The highest BCUT2D eigenvalue weighted by atomic mass is 14.9. The number of fused-ring (bicyclic) bond motifs is 1. The molecule has 0 saturated carbocycles. The fourth-order valence-corrected chi connectivity index (χ4v) is 2.60. The molecule has 2 aromatic carbocycles. The van der Waals surface area contributed by atoms with Crippen LogP contribution in [0.25, 0.3) is 10.8 Å². The van der Waals surface area contributed by atoms with E-state index in [0.717, 1.165) is 12.5 Å². The zero-order valence-electron chi connectivity index (χ0n) is 10.6. The van der Waals surface area contributed by atoms with Gasteiger partial charge < -0.3 is 5.32 Å². The van der Waals surface area contributed by atoms with Crippen molar-refractivity contribution in [2.24, 2.45) is 5.92 Å². The summed E-state index contributed by atoms with van der Waals surface area (Å²) in [5.74, 6) is 0.793. The number of nitrogens with one attached hydrogen (secondary N) is 1. The minimum atomic E-state index is 0.793.